The lowest BCUT2D eigenvalue weighted by Gasteiger charge is -2.02. The molecule has 1 rings (SSSR count). The highest BCUT2D eigenvalue weighted by atomic mass is 32.2. The van der Waals surface area contributed by atoms with E-state index in [1.807, 2.05) is 12.1 Å². The van der Waals surface area contributed by atoms with E-state index >= 15 is 0 Å². The van der Waals surface area contributed by atoms with Crippen molar-refractivity contribution in [3.05, 3.63) is 29.8 Å². The molecule has 0 bridgehead atoms. The quantitative estimate of drug-likeness (QED) is 0.528. The molecule has 1 aromatic carbocycles. The second-order valence-corrected chi connectivity index (χ2v) is 3.28. The van der Waals surface area contributed by atoms with Crippen LogP contribution < -0.4 is 0 Å². The van der Waals surface area contributed by atoms with Gasteiger partial charge in [-0.1, -0.05) is 18.2 Å². The zero-order valence-electron chi connectivity index (χ0n) is 6.50. The van der Waals surface area contributed by atoms with Crippen LogP contribution in [0.5, 0.6) is 0 Å². The fraction of sp³-hybridized carbons (Fsp3) is 0.222. The summed E-state index contributed by atoms with van der Waals surface area (Å²) in [6, 6.07) is 7.18. The predicted molar refractivity (Wildman–Crippen MR) is 48.0 cm³/mol. The highest BCUT2D eigenvalue weighted by Gasteiger charge is 1.99. The largest absolute Gasteiger partial charge is 0.302 e. The fourth-order valence-electron chi connectivity index (χ4n) is 0.879. The van der Waals surface area contributed by atoms with Gasteiger partial charge >= 0.3 is 0 Å². The van der Waals surface area contributed by atoms with E-state index in [0.29, 0.717) is 11.3 Å². The fourth-order valence-corrected chi connectivity index (χ4v) is 1.61. The number of hydrogen-bond donors (Lipinski definition) is 0. The normalized spacial score (nSPS) is 9.75. The molecule has 0 amide bonds. The first-order valence-corrected chi connectivity index (χ1v) is 4.57. The lowest BCUT2D eigenvalue weighted by atomic mass is 10.2. The minimum atomic E-state index is -0.470. The number of thioether (sulfide) groups is 1. The van der Waals surface area contributed by atoms with Crippen LogP contribution in [0.2, 0.25) is 0 Å². The van der Waals surface area contributed by atoms with Gasteiger partial charge in [0.05, 0.1) is 5.75 Å². The number of alkyl halides is 1. The van der Waals surface area contributed by atoms with E-state index < -0.39 is 6.67 Å². The third-order valence-electron chi connectivity index (χ3n) is 1.42. The molecule has 0 aliphatic carbocycles. The minimum Gasteiger partial charge on any atom is -0.302 e. The number of aldehydes is 1. The number of rotatable bonds is 4. The number of carbonyl (C=O) groups excluding carboxylic acids is 1. The van der Waals surface area contributed by atoms with Gasteiger partial charge in [0.2, 0.25) is 0 Å². The molecule has 0 fully saturated rings. The zero-order chi connectivity index (χ0) is 8.81. The molecule has 0 saturated carbocycles. The van der Waals surface area contributed by atoms with E-state index in [1.165, 1.54) is 11.8 Å². The molecule has 0 radical (unpaired) electrons. The predicted octanol–water partition coefficient (Wildman–Crippen LogP) is 2.45. The Kier molecular flexibility index (Phi) is 3.80. The lowest BCUT2D eigenvalue weighted by molar-refractivity contribution is -0.105. The molecule has 0 saturated heterocycles. The molecular weight excluding hydrogens is 175 g/mol. The molecule has 0 unspecified atom stereocenters. The van der Waals surface area contributed by atoms with Crippen molar-refractivity contribution in [2.75, 3.05) is 5.75 Å². The molecule has 0 aliphatic rings. The Hall–Kier alpha value is -0.830. The summed E-state index contributed by atoms with van der Waals surface area (Å²) < 4.78 is 12.3. The first kappa shape index (κ1) is 9.26. The van der Waals surface area contributed by atoms with Crippen molar-refractivity contribution in [1.82, 2.24) is 0 Å². The molecular formula is C9H9FOS. The van der Waals surface area contributed by atoms with E-state index in [2.05, 4.69) is 0 Å². The molecule has 3 heteroatoms. The molecule has 0 aliphatic heterocycles. The summed E-state index contributed by atoms with van der Waals surface area (Å²) in [7, 11) is 0. The number of hydrogen-bond acceptors (Lipinski definition) is 2. The van der Waals surface area contributed by atoms with E-state index in [1.54, 1.807) is 12.1 Å². The van der Waals surface area contributed by atoms with Crippen molar-refractivity contribution in [2.45, 2.75) is 11.6 Å². The lowest BCUT2D eigenvalue weighted by Crippen LogP contribution is -1.85. The smallest absolute Gasteiger partial charge is 0.130 e. The molecule has 1 aromatic rings. The Morgan fingerprint density at radius 3 is 2.83 bits per heavy atom. The molecule has 64 valence electrons. The Labute approximate surface area is 75.0 Å². The van der Waals surface area contributed by atoms with E-state index in [-0.39, 0.29) is 0 Å². The van der Waals surface area contributed by atoms with E-state index in [0.717, 1.165) is 11.2 Å². The first-order valence-electron chi connectivity index (χ1n) is 3.58. The van der Waals surface area contributed by atoms with Gasteiger partial charge in [-0.3, -0.25) is 0 Å². The second-order valence-electron chi connectivity index (χ2n) is 2.22. The summed E-state index contributed by atoms with van der Waals surface area (Å²) in [4.78, 5) is 10.9. The number of carbonyl (C=O) groups is 1. The molecule has 0 heterocycles. The number of halogens is 1. The van der Waals surface area contributed by atoms with Gasteiger partial charge in [-0.2, -0.15) is 0 Å². The second kappa shape index (κ2) is 4.93. The Bertz CT molecular complexity index is 262. The first-order chi connectivity index (χ1) is 5.88. The van der Waals surface area contributed by atoms with Gasteiger partial charge < -0.3 is 4.79 Å². The standard InChI is InChI=1S/C9H9FOS/c10-7-8-3-1-2-4-9(8)12-6-5-11/h1-5H,6-7H2. The molecule has 0 atom stereocenters. The number of benzene rings is 1. The summed E-state index contributed by atoms with van der Waals surface area (Å²) in [5.41, 5.74) is 0.657. The van der Waals surface area contributed by atoms with Crippen LogP contribution in [0.3, 0.4) is 0 Å². The van der Waals surface area contributed by atoms with Gasteiger partial charge in [0.1, 0.15) is 13.0 Å². The van der Waals surface area contributed by atoms with Gasteiger partial charge in [-0.05, 0) is 11.6 Å². The summed E-state index contributed by atoms with van der Waals surface area (Å²) >= 11 is 1.36. The summed E-state index contributed by atoms with van der Waals surface area (Å²) in [5, 5.41) is 0. The molecule has 1 nitrogen and oxygen atoms in total. The highest BCUT2D eigenvalue weighted by Crippen LogP contribution is 2.22. The topological polar surface area (TPSA) is 17.1 Å². The van der Waals surface area contributed by atoms with Gasteiger partial charge in [0.15, 0.2) is 0 Å². The minimum absolute atomic E-state index is 0.386. The summed E-state index contributed by atoms with van der Waals surface area (Å²) in [5.74, 6) is 0.386. The van der Waals surface area contributed by atoms with Crippen LogP contribution in [-0.4, -0.2) is 12.0 Å². The van der Waals surface area contributed by atoms with E-state index in [4.69, 9.17) is 0 Å². The Balaban J connectivity index is 2.74. The Morgan fingerprint density at radius 2 is 2.17 bits per heavy atom. The van der Waals surface area contributed by atoms with Crippen LogP contribution in [0.1, 0.15) is 5.56 Å². The summed E-state index contributed by atoms with van der Waals surface area (Å²) in [6.45, 7) is -0.470. The SMILES string of the molecule is O=CCSc1ccccc1CF. The van der Waals surface area contributed by atoms with Crippen LogP contribution in [0.4, 0.5) is 4.39 Å². The third-order valence-corrected chi connectivity index (χ3v) is 2.44. The molecule has 0 aromatic heterocycles. The van der Waals surface area contributed by atoms with Crippen LogP contribution >= 0.6 is 11.8 Å². The van der Waals surface area contributed by atoms with Crippen molar-refractivity contribution >= 4 is 18.0 Å². The molecule has 0 spiro atoms. The van der Waals surface area contributed by atoms with Gasteiger partial charge in [0.25, 0.3) is 0 Å². The summed E-state index contributed by atoms with van der Waals surface area (Å²) in [6.07, 6.45) is 0.819. The monoisotopic (exact) mass is 184 g/mol. The van der Waals surface area contributed by atoms with Crippen molar-refractivity contribution in [2.24, 2.45) is 0 Å². The van der Waals surface area contributed by atoms with Crippen LogP contribution in [0.15, 0.2) is 29.2 Å². The molecule has 12 heavy (non-hydrogen) atoms. The maximum absolute atomic E-state index is 12.3. The van der Waals surface area contributed by atoms with Crippen molar-refractivity contribution in [3.63, 3.8) is 0 Å². The van der Waals surface area contributed by atoms with Gasteiger partial charge in [-0.15, -0.1) is 11.8 Å². The average Bonchev–Trinajstić information content (AvgIpc) is 2.15. The van der Waals surface area contributed by atoms with Crippen molar-refractivity contribution in [1.29, 1.82) is 0 Å². The Morgan fingerprint density at radius 1 is 1.42 bits per heavy atom. The van der Waals surface area contributed by atoms with Crippen molar-refractivity contribution in [3.8, 4) is 0 Å². The maximum atomic E-state index is 12.3. The van der Waals surface area contributed by atoms with Gasteiger partial charge in [0, 0.05) is 4.90 Å². The highest BCUT2D eigenvalue weighted by molar-refractivity contribution is 8.00. The van der Waals surface area contributed by atoms with Crippen LogP contribution in [0.25, 0.3) is 0 Å². The molecule has 0 N–H and O–H groups in total. The third kappa shape index (κ3) is 2.34. The van der Waals surface area contributed by atoms with Gasteiger partial charge in [-0.25, -0.2) is 4.39 Å². The van der Waals surface area contributed by atoms with Crippen LogP contribution in [0, 0.1) is 0 Å². The maximum Gasteiger partial charge on any atom is 0.130 e. The average molecular weight is 184 g/mol. The van der Waals surface area contributed by atoms with E-state index in [9.17, 15) is 9.18 Å². The van der Waals surface area contributed by atoms with Crippen molar-refractivity contribution < 1.29 is 9.18 Å². The zero-order valence-corrected chi connectivity index (χ0v) is 7.31. The van der Waals surface area contributed by atoms with Crippen LogP contribution in [-0.2, 0) is 11.5 Å².